The van der Waals surface area contributed by atoms with Gasteiger partial charge in [-0.1, -0.05) is 35.9 Å². The lowest BCUT2D eigenvalue weighted by atomic mass is 10.2. The molecule has 19 heavy (non-hydrogen) atoms. The molecule has 0 aliphatic rings. The van der Waals surface area contributed by atoms with Crippen LogP contribution in [0.3, 0.4) is 0 Å². The van der Waals surface area contributed by atoms with Crippen molar-refractivity contribution in [2.75, 3.05) is 0 Å². The number of para-hydroxylation sites is 2. The maximum atomic E-state index is 12.3. The van der Waals surface area contributed by atoms with Gasteiger partial charge in [0.1, 0.15) is 0 Å². The van der Waals surface area contributed by atoms with Gasteiger partial charge in [-0.25, -0.2) is 4.79 Å². The molecule has 0 saturated carbocycles. The van der Waals surface area contributed by atoms with Crippen LogP contribution in [0.5, 0.6) is 0 Å². The van der Waals surface area contributed by atoms with Gasteiger partial charge in [-0.15, -0.1) is 0 Å². The summed E-state index contributed by atoms with van der Waals surface area (Å²) in [4.78, 5) is 12.3. The molecule has 0 spiro atoms. The molecule has 0 saturated heterocycles. The van der Waals surface area contributed by atoms with E-state index in [2.05, 4.69) is 0 Å². The fraction of sp³-hybridized carbons (Fsp3) is 0.133. The molecule has 0 atom stereocenters. The zero-order valence-electron chi connectivity index (χ0n) is 10.5. The fourth-order valence-electron chi connectivity index (χ4n) is 2.33. The zero-order valence-corrected chi connectivity index (χ0v) is 11.3. The lowest BCUT2D eigenvalue weighted by Gasteiger charge is -2.04. The number of aromatic nitrogens is 2. The molecule has 96 valence electrons. The monoisotopic (exact) mass is 272 g/mol. The van der Waals surface area contributed by atoms with E-state index in [4.69, 9.17) is 11.6 Å². The molecule has 3 aromatic rings. The molecule has 0 amide bonds. The maximum Gasteiger partial charge on any atom is 0.329 e. The van der Waals surface area contributed by atoms with Gasteiger partial charge >= 0.3 is 5.69 Å². The van der Waals surface area contributed by atoms with Crippen LogP contribution in [0.25, 0.3) is 11.0 Å². The summed E-state index contributed by atoms with van der Waals surface area (Å²) < 4.78 is 3.43. The Labute approximate surface area is 115 Å². The van der Waals surface area contributed by atoms with Gasteiger partial charge in [-0.05, 0) is 29.8 Å². The van der Waals surface area contributed by atoms with Crippen LogP contribution >= 0.6 is 11.6 Å². The standard InChI is InChI=1S/C15H13ClN2O/c1-17-13-7-2-3-8-14(13)18(15(17)19)10-11-5-4-6-12(16)9-11/h2-9H,10H2,1H3. The Morgan fingerprint density at radius 2 is 1.79 bits per heavy atom. The van der Waals surface area contributed by atoms with E-state index in [1.54, 1.807) is 16.2 Å². The third-order valence-electron chi connectivity index (χ3n) is 3.28. The first-order chi connectivity index (χ1) is 9.16. The van der Waals surface area contributed by atoms with Gasteiger partial charge in [0.25, 0.3) is 0 Å². The minimum absolute atomic E-state index is 0.0128. The summed E-state index contributed by atoms with van der Waals surface area (Å²) in [6.07, 6.45) is 0. The predicted molar refractivity (Wildman–Crippen MR) is 77.7 cm³/mol. The first-order valence-electron chi connectivity index (χ1n) is 6.05. The van der Waals surface area contributed by atoms with Crippen LogP contribution in [0.2, 0.25) is 5.02 Å². The van der Waals surface area contributed by atoms with Crippen LogP contribution in [0, 0.1) is 0 Å². The van der Waals surface area contributed by atoms with Gasteiger partial charge in [0.05, 0.1) is 17.6 Å². The highest BCUT2D eigenvalue weighted by Gasteiger charge is 2.10. The summed E-state index contributed by atoms with van der Waals surface area (Å²) in [7, 11) is 1.79. The summed E-state index contributed by atoms with van der Waals surface area (Å²) >= 11 is 5.98. The Bertz CT molecular complexity index is 801. The van der Waals surface area contributed by atoms with Crippen molar-refractivity contribution < 1.29 is 0 Å². The first kappa shape index (κ1) is 12.1. The van der Waals surface area contributed by atoms with Crippen molar-refractivity contribution in [2.24, 2.45) is 7.05 Å². The highest BCUT2D eigenvalue weighted by molar-refractivity contribution is 6.30. The summed E-state index contributed by atoms with van der Waals surface area (Å²) in [6.45, 7) is 0.529. The molecule has 0 N–H and O–H groups in total. The second kappa shape index (κ2) is 4.59. The number of hydrogen-bond acceptors (Lipinski definition) is 1. The van der Waals surface area contributed by atoms with Crippen LogP contribution in [-0.4, -0.2) is 9.13 Å². The van der Waals surface area contributed by atoms with E-state index >= 15 is 0 Å². The zero-order chi connectivity index (χ0) is 13.4. The number of fused-ring (bicyclic) bond motifs is 1. The van der Waals surface area contributed by atoms with Crippen LogP contribution in [0.4, 0.5) is 0 Å². The van der Waals surface area contributed by atoms with Gasteiger partial charge in [-0.2, -0.15) is 0 Å². The largest absolute Gasteiger partial charge is 0.329 e. The van der Waals surface area contributed by atoms with Gasteiger partial charge in [0, 0.05) is 12.1 Å². The topological polar surface area (TPSA) is 26.9 Å². The molecule has 2 aromatic carbocycles. The lowest BCUT2D eigenvalue weighted by Crippen LogP contribution is -2.22. The van der Waals surface area contributed by atoms with E-state index in [-0.39, 0.29) is 5.69 Å². The third-order valence-corrected chi connectivity index (χ3v) is 3.52. The molecule has 1 aromatic heterocycles. The molecule has 3 rings (SSSR count). The Morgan fingerprint density at radius 3 is 2.53 bits per heavy atom. The van der Waals surface area contributed by atoms with E-state index in [1.165, 1.54) is 0 Å². The molecule has 0 aliphatic carbocycles. The predicted octanol–water partition coefficient (Wildman–Crippen LogP) is 3.04. The summed E-state index contributed by atoms with van der Waals surface area (Å²) in [5.41, 5.74) is 2.89. The number of imidazole rings is 1. The second-order valence-corrected chi connectivity index (χ2v) is 4.98. The van der Waals surface area contributed by atoms with E-state index in [1.807, 2.05) is 48.5 Å². The first-order valence-corrected chi connectivity index (χ1v) is 6.43. The van der Waals surface area contributed by atoms with Crippen molar-refractivity contribution in [3.05, 3.63) is 69.6 Å². The number of nitrogens with zero attached hydrogens (tertiary/aromatic N) is 2. The van der Waals surface area contributed by atoms with Crippen LogP contribution in [-0.2, 0) is 13.6 Å². The second-order valence-electron chi connectivity index (χ2n) is 4.55. The maximum absolute atomic E-state index is 12.3. The molecule has 4 heteroatoms. The molecular weight excluding hydrogens is 260 g/mol. The molecule has 1 heterocycles. The van der Waals surface area contributed by atoms with Crippen molar-refractivity contribution in [2.45, 2.75) is 6.54 Å². The molecule has 0 fully saturated rings. The number of rotatable bonds is 2. The SMILES string of the molecule is Cn1c(=O)n(Cc2cccc(Cl)c2)c2ccccc21. The van der Waals surface area contributed by atoms with Gasteiger partial charge in [-0.3, -0.25) is 9.13 Å². The smallest absolute Gasteiger partial charge is 0.295 e. The van der Waals surface area contributed by atoms with Gasteiger partial charge < -0.3 is 0 Å². The fourth-order valence-corrected chi connectivity index (χ4v) is 2.55. The molecule has 3 nitrogen and oxygen atoms in total. The van der Waals surface area contributed by atoms with Gasteiger partial charge in [0.2, 0.25) is 0 Å². The quantitative estimate of drug-likeness (QED) is 0.704. The third kappa shape index (κ3) is 2.06. The average molecular weight is 273 g/mol. The van der Waals surface area contributed by atoms with Crippen molar-refractivity contribution >= 4 is 22.6 Å². The molecule has 0 aliphatic heterocycles. The Morgan fingerprint density at radius 1 is 1.05 bits per heavy atom. The van der Waals surface area contributed by atoms with Crippen molar-refractivity contribution in [1.29, 1.82) is 0 Å². The van der Waals surface area contributed by atoms with Gasteiger partial charge in [0.15, 0.2) is 0 Å². The van der Waals surface area contributed by atoms with Crippen molar-refractivity contribution in [3.8, 4) is 0 Å². The van der Waals surface area contributed by atoms with Crippen LogP contribution < -0.4 is 5.69 Å². The summed E-state index contributed by atoms with van der Waals surface area (Å²) in [5.74, 6) is 0. The van der Waals surface area contributed by atoms with E-state index in [0.717, 1.165) is 16.6 Å². The highest BCUT2D eigenvalue weighted by atomic mass is 35.5. The molecule has 0 unspecified atom stereocenters. The van der Waals surface area contributed by atoms with Crippen molar-refractivity contribution in [1.82, 2.24) is 9.13 Å². The van der Waals surface area contributed by atoms with Crippen molar-refractivity contribution in [3.63, 3.8) is 0 Å². The normalized spacial score (nSPS) is 11.1. The minimum atomic E-state index is -0.0128. The Hall–Kier alpha value is -2.00. The van der Waals surface area contributed by atoms with Crippen LogP contribution in [0.1, 0.15) is 5.56 Å². The van der Waals surface area contributed by atoms with Crippen LogP contribution in [0.15, 0.2) is 53.3 Å². The molecule has 0 bridgehead atoms. The van der Waals surface area contributed by atoms with E-state index in [9.17, 15) is 4.79 Å². The minimum Gasteiger partial charge on any atom is -0.295 e. The summed E-state index contributed by atoms with van der Waals surface area (Å²) in [5, 5.41) is 0.686. The Balaban J connectivity index is 2.16. The number of hydrogen-bond donors (Lipinski definition) is 0. The average Bonchev–Trinajstić information content (AvgIpc) is 2.65. The number of benzene rings is 2. The lowest BCUT2D eigenvalue weighted by molar-refractivity contribution is 0.736. The number of halogens is 1. The van der Waals surface area contributed by atoms with E-state index < -0.39 is 0 Å². The summed E-state index contributed by atoms with van der Waals surface area (Å²) in [6, 6.07) is 15.4. The Kier molecular flexibility index (Phi) is 2.91. The molecular formula is C15H13ClN2O. The highest BCUT2D eigenvalue weighted by Crippen LogP contribution is 2.15. The molecule has 0 radical (unpaired) electrons. The van der Waals surface area contributed by atoms with E-state index in [0.29, 0.717) is 11.6 Å². The number of aryl methyl sites for hydroxylation is 1.